The van der Waals surface area contributed by atoms with Crippen LogP contribution < -0.4 is 5.32 Å². The van der Waals surface area contributed by atoms with Crippen LogP contribution in [0.15, 0.2) is 29.2 Å². The van der Waals surface area contributed by atoms with Crippen molar-refractivity contribution in [3.63, 3.8) is 0 Å². The van der Waals surface area contributed by atoms with Gasteiger partial charge in [0, 0.05) is 11.1 Å². The Hall–Kier alpha value is -3.24. The van der Waals surface area contributed by atoms with E-state index in [1.54, 1.807) is 0 Å². The molecule has 0 unspecified atom stereocenters. The number of carbonyl (C=O) groups excluding carboxylic acids is 3. The molecule has 1 aliphatic carbocycles. The Bertz CT molecular complexity index is 1070. The second-order valence-electron chi connectivity index (χ2n) is 5.07. The van der Waals surface area contributed by atoms with Crippen LogP contribution in [0.1, 0.15) is 31.8 Å². The van der Waals surface area contributed by atoms with Crippen LogP contribution in [0.4, 0.5) is 5.69 Å². The minimum atomic E-state index is -5.43. The molecule has 3 N–H and O–H groups in total. The van der Waals surface area contributed by atoms with Gasteiger partial charge in [-0.15, -0.1) is 0 Å². The number of hydrogen-bond acceptors (Lipinski definition) is 8. The number of benzene rings is 2. The summed E-state index contributed by atoms with van der Waals surface area (Å²) in [5, 5.41) is 22.1. The standard InChI is InChI=1S/C15H9NO8S/c17-5-16-10-8-9(13(20)15(14(10)21)25(22,23)24)12(19)7-4-2-1-3-6(7)11(8)18/h1-5,20-21H,(H,16,17)(H,22,23,24)/p-1. The van der Waals surface area contributed by atoms with Crippen molar-refractivity contribution in [1.82, 2.24) is 0 Å². The van der Waals surface area contributed by atoms with E-state index in [4.69, 9.17) is 0 Å². The van der Waals surface area contributed by atoms with Gasteiger partial charge < -0.3 is 20.1 Å². The Morgan fingerprint density at radius 1 is 0.960 bits per heavy atom. The molecule has 25 heavy (non-hydrogen) atoms. The van der Waals surface area contributed by atoms with E-state index in [0.29, 0.717) is 0 Å². The average Bonchev–Trinajstić information content (AvgIpc) is 2.54. The van der Waals surface area contributed by atoms with Crippen LogP contribution in [0.5, 0.6) is 11.5 Å². The fraction of sp³-hybridized carbons (Fsp3) is 0. The van der Waals surface area contributed by atoms with E-state index in [-0.39, 0.29) is 17.5 Å². The summed E-state index contributed by atoms with van der Waals surface area (Å²) < 4.78 is 34.1. The molecule has 0 saturated carbocycles. The number of ketones is 2. The molecular formula is C15H8NO8S-. The highest BCUT2D eigenvalue weighted by atomic mass is 32.2. The van der Waals surface area contributed by atoms with Crippen molar-refractivity contribution in [3.8, 4) is 11.5 Å². The highest BCUT2D eigenvalue weighted by molar-refractivity contribution is 7.86. The first-order chi connectivity index (χ1) is 11.7. The molecule has 0 atom stereocenters. The summed E-state index contributed by atoms with van der Waals surface area (Å²) in [5.74, 6) is -4.43. The van der Waals surface area contributed by atoms with Gasteiger partial charge in [0.05, 0.1) is 16.8 Å². The Morgan fingerprint density at radius 2 is 1.48 bits per heavy atom. The molecule has 10 heteroatoms. The van der Waals surface area contributed by atoms with Crippen molar-refractivity contribution in [1.29, 1.82) is 0 Å². The summed E-state index contributed by atoms with van der Waals surface area (Å²) in [5.41, 5.74) is -2.30. The highest BCUT2D eigenvalue weighted by Gasteiger charge is 2.38. The molecule has 2 aromatic carbocycles. The number of nitrogens with one attached hydrogen (secondary N) is 1. The fourth-order valence-electron chi connectivity index (χ4n) is 2.73. The van der Waals surface area contributed by atoms with Gasteiger partial charge in [-0.1, -0.05) is 24.3 Å². The Balaban J connectivity index is 2.52. The molecule has 0 bridgehead atoms. The van der Waals surface area contributed by atoms with E-state index in [0.717, 1.165) is 0 Å². The summed E-state index contributed by atoms with van der Waals surface area (Å²) >= 11 is 0. The lowest BCUT2D eigenvalue weighted by Gasteiger charge is -2.24. The lowest BCUT2D eigenvalue weighted by Crippen LogP contribution is -2.24. The molecule has 9 nitrogen and oxygen atoms in total. The summed E-state index contributed by atoms with van der Waals surface area (Å²) in [6.07, 6.45) is 0.0197. The molecule has 0 heterocycles. The number of hydrogen-bond donors (Lipinski definition) is 3. The van der Waals surface area contributed by atoms with Crippen LogP contribution in [0.25, 0.3) is 0 Å². The van der Waals surface area contributed by atoms with Crippen molar-refractivity contribution < 1.29 is 37.6 Å². The second-order valence-corrected chi connectivity index (χ2v) is 6.39. The molecule has 128 valence electrons. The molecule has 0 aromatic heterocycles. The van der Waals surface area contributed by atoms with E-state index in [9.17, 15) is 37.6 Å². The number of phenols is 2. The fourth-order valence-corrected chi connectivity index (χ4v) is 3.41. The number of phenolic OH excluding ortho intramolecular Hbond substituents is 2. The van der Waals surface area contributed by atoms with Gasteiger partial charge in [0.1, 0.15) is 20.8 Å². The number of aromatic hydroxyl groups is 2. The average molecular weight is 362 g/mol. The number of amides is 1. The summed E-state index contributed by atoms with van der Waals surface area (Å²) in [7, 11) is -5.43. The molecule has 2 aromatic rings. The van der Waals surface area contributed by atoms with Crippen molar-refractivity contribution in [2.24, 2.45) is 0 Å². The number of carbonyl (C=O) groups is 3. The lowest BCUT2D eigenvalue weighted by molar-refractivity contribution is -0.105. The van der Waals surface area contributed by atoms with E-state index in [1.165, 1.54) is 24.3 Å². The van der Waals surface area contributed by atoms with Crippen molar-refractivity contribution >= 4 is 33.8 Å². The predicted molar refractivity (Wildman–Crippen MR) is 80.7 cm³/mol. The molecule has 1 amide bonds. The maximum absolute atomic E-state index is 12.7. The topological polar surface area (TPSA) is 161 Å². The minimum Gasteiger partial charge on any atom is -0.744 e. The monoisotopic (exact) mass is 362 g/mol. The van der Waals surface area contributed by atoms with Crippen LogP contribution in [0, 0.1) is 0 Å². The molecule has 0 fully saturated rings. The van der Waals surface area contributed by atoms with Gasteiger partial charge >= 0.3 is 0 Å². The summed E-state index contributed by atoms with van der Waals surface area (Å²) in [4.78, 5) is 34.6. The number of fused-ring (bicyclic) bond motifs is 2. The largest absolute Gasteiger partial charge is 0.744 e. The molecular weight excluding hydrogens is 354 g/mol. The smallest absolute Gasteiger partial charge is 0.211 e. The Morgan fingerprint density at radius 3 is 1.96 bits per heavy atom. The van der Waals surface area contributed by atoms with E-state index >= 15 is 0 Å². The van der Waals surface area contributed by atoms with Gasteiger partial charge in [0.25, 0.3) is 0 Å². The zero-order valence-corrected chi connectivity index (χ0v) is 13.0. The van der Waals surface area contributed by atoms with Gasteiger partial charge in [-0.05, 0) is 0 Å². The van der Waals surface area contributed by atoms with E-state index in [1.807, 2.05) is 5.32 Å². The van der Waals surface area contributed by atoms with Gasteiger partial charge in [0.2, 0.25) is 6.41 Å². The zero-order chi connectivity index (χ0) is 18.5. The van der Waals surface area contributed by atoms with Crippen LogP contribution >= 0.6 is 0 Å². The lowest BCUT2D eigenvalue weighted by atomic mass is 9.82. The number of rotatable bonds is 3. The number of anilines is 1. The van der Waals surface area contributed by atoms with Gasteiger partial charge in [-0.25, -0.2) is 8.42 Å². The normalized spacial score (nSPS) is 13.2. The van der Waals surface area contributed by atoms with Crippen molar-refractivity contribution in [2.45, 2.75) is 4.90 Å². The first-order valence-corrected chi connectivity index (χ1v) is 8.07. The van der Waals surface area contributed by atoms with Crippen LogP contribution in [-0.2, 0) is 14.9 Å². The SMILES string of the molecule is O=CNc1c(O)c(S(=O)(=O)[O-])c(O)c2c1C(=O)c1ccccc1C2=O. The minimum absolute atomic E-state index is 0.0197. The third-order valence-corrected chi connectivity index (χ3v) is 4.61. The molecule has 0 radical (unpaired) electrons. The third kappa shape index (κ3) is 2.27. The molecule has 1 aliphatic rings. The quantitative estimate of drug-likeness (QED) is 0.260. The molecule has 0 saturated heterocycles. The second kappa shape index (κ2) is 5.40. The Labute approximate surface area is 140 Å². The summed E-state index contributed by atoms with van der Waals surface area (Å²) in [6.45, 7) is 0. The zero-order valence-electron chi connectivity index (χ0n) is 12.1. The van der Waals surface area contributed by atoms with Crippen molar-refractivity contribution in [3.05, 3.63) is 46.5 Å². The molecule has 0 aliphatic heterocycles. The van der Waals surface area contributed by atoms with Crippen LogP contribution in [0.3, 0.4) is 0 Å². The molecule has 3 rings (SSSR count). The van der Waals surface area contributed by atoms with Crippen LogP contribution in [0.2, 0.25) is 0 Å². The van der Waals surface area contributed by atoms with Crippen LogP contribution in [-0.4, -0.2) is 41.2 Å². The maximum atomic E-state index is 12.7. The van der Waals surface area contributed by atoms with Gasteiger partial charge in [-0.2, -0.15) is 0 Å². The van der Waals surface area contributed by atoms with E-state index in [2.05, 4.69) is 0 Å². The van der Waals surface area contributed by atoms with Gasteiger partial charge in [-0.3, -0.25) is 14.4 Å². The van der Waals surface area contributed by atoms with Crippen molar-refractivity contribution in [2.75, 3.05) is 5.32 Å². The maximum Gasteiger partial charge on any atom is 0.211 e. The third-order valence-electron chi connectivity index (χ3n) is 3.73. The molecule has 0 spiro atoms. The highest BCUT2D eigenvalue weighted by Crippen LogP contribution is 2.47. The first kappa shape index (κ1) is 16.6. The first-order valence-electron chi connectivity index (χ1n) is 6.66. The van der Waals surface area contributed by atoms with Gasteiger partial charge in [0.15, 0.2) is 17.3 Å². The predicted octanol–water partition coefficient (Wildman–Crippen LogP) is 0.346. The Kier molecular flexibility index (Phi) is 3.59. The summed E-state index contributed by atoms with van der Waals surface area (Å²) in [6, 6.07) is 5.51. The van der Waals surface area contributed by atoms with E-state index < -0.39 is 54.9 Å².